The first-order valence-corrected chi connectivity index (χ1v) is 3.90. The summed E-state index contributed by atoms with van der Waals surface area (Å²) in [5.74, 6) is -0.847. The molecule has 0 spiro atoms. The van der Waals surface area contributed by atoms with Crippen LogP contribution in [0.3, 0.4) is 0 Å². The van der Waals surface area contributed by atoms with E-state index in [9.17, 15) is 4.39 Å². The average Bonchev–Trinajstić information content (AvgIpc) is 2.01. The molecule has 0 saturated heterocycles. The summed E-state index contributed by atoms with van der Waals surface area (Å²) in [5, 5.41) is 8.85. The summed E-state index contributed by atoms with van der Waals surface area (Å²) >= 11 is 5.39. The summed E-state index contributed by atoms with van der Waals surface area (Å²) in [6.07, 6.45) is 0.529. The summed E-state index contributed by atoms with van der Waals surface area (Å²) < 4.78 is 12.8. The van der Waals surface area contributed by atoms with E-state index in [0.29, 0.717) is 18.5 Å². The highest BCUT2D eigenvalue weighted by molar-refractivity contribution is 6.32. The van der Waals surface area contributed by atoms with Crippen LogP contribution in [0.5, 0.6) is 5.75 Å². The van der Waals surface area contributed by atoms with Crippen LogP contribution in [-0.4, -0.2) is 11.7 Å². The van der Waals surface area contributed by atoms with Crippen molar-refractivity contribution in [2.24, 2.45) is 5.73 Å². The molecular formula is C8H9ClFNO. The monoisotopic (exact) mass is 189 g/mol. The quantitative estimate of drug-likeness (QED) is 0.744. The molecule has 0 heterocycles. The van der Waals surface area contributed by atoms with E-state index >= 15 is 0 Å². The van der Waals surface area contributed by atoms with Gasteiger partial charge in [-0.15, -0.1) is 0 Å². The Morgan fingerprint density at radius 2 is 2.17 bits per heavy atom. The van der Waals surface area contributed by atoms with Crippen LogP contribution in [0.4, 0.5) is 4.39 Å². The van der Waals surface area contributed by atoms with Crippen LogP contribution in [0.2, 0.25) is 5.02 Å². The average molecular weight is 190 g/mol. The van der Waals surface area contributed by atoms with E-state index in [1.165, 1.54) is 12.1 Å². The molecule has 0 saturated carbocycles. The van der Waals surface area contributed by atoms with E-state index in [1.54, 1.807) is 0 Å². The molecule has 0 aliphatic carbocycles. The van der Waals surface area contributed by atoms with Gasteiger partial charge >= 0.3 is 0 Å². The smallest absolute Gasteiger partial charge is 0.145 e. The molecule has 0 radical (unpaired) electrons. The predicted octanol–water partition coefficient (Wildman–Crippen LogP) is 1.69. The van der Waals surface area contributed by atoms with Gasteiger partial charge in [0.1, 0.15) is 16.6 Å². The van der Waals surface area contributed by atoms with Gasteiger partial charge < -0.3 is 10.8 Å². The fraction of sp³-hybridized carbons (Fsp3) is 0.250. The molecule has 0 aromatic heterocycles. The van der Waals surface area contributed by atoms with Crippen LogP contribution < -0.4 is 5.73 Å². The van der Waals surface area contributed by atoms with E-state index in [0.717, 1.165) is 0 Å². The SMILES string of the molecule is NCCc1cc(O)c(Cl)c(F)c1. The molecular weight excluding hydrogens is 181 g/mol. The summed E-state index contributed by atoms with van der Waals surface area (Å²) in [6, 6.07) is 2.69. The Hall–Kier alpha value is -0.800. The van der Waals surface area contributed by atoms with Crippen LogP contribution in [0, 0.1) is 5.82 Å². The number of benzene rings is 1. The van der Waals surface area contributed by atoms with Crippen molar-refractivity contribution in [2.75, 3.05) is 6.54 Å². The zero-order valence-corrected chi connectivity index (χ0v) is 7.11. The third kappa shape index (κ3) is 1.87. The molecule has 4 heteroatoms. The van der Waals surface area contributed by atoms with Gasteiger partial charge in [-0.1, -0.05) is 11.6 Å². The van der Waals surface area contributed by atoms with Crippen molar-refractivity contribution in [3.05, 3.63) is 28.5 Å². The van der Waals surface area contributed by atoms with Crippen LogP contribution >= 0.6 is 11.6 Å². The highest BCUT2D eigenvalue weighted by Crippen LogP contribution is 2.27. The van der Waals surface area contributed by atoms with Gasteiger partial charge in [0.05, 0.1) is 0 Å². The Morgan fingerprint density at radius 1 is 1.50 bits per heavy atom. The number of rotatable bonds is 2. The molecule has 66 valence electrons. The molecule has 0 amide bonds. The Kier molecular flexibility index (Phi) is 2.89. The number of phenolic OH excluding ortho intramolecular Hbond substituents is 1. The lowest BCUT2D eigenvalue weighted by Gasteiger charge is -2.02. The van der Waals surface area contributed by atoms with Crippen LogP contribution in [-0.2, 0) is 6.42 Å². The maximum atomic E-state index is 12.8. The molecule has 12 heavy (non-hydrogen) atoms. The van der Waals surface area contributed by atoms with Crippen molar-refractivity contribution < 1.29 is 9.50 Å². The van der Waals surface area contributed by atoms with Gasteiger partial charge in [-0.25, -0.2) is 4.39 Å². The predicted molar refractivity (Wildman–Crippen MR) is 45.8 cm³/mol. The molecule has 0 unspecified atom stereocenters. The van der Waals surface area contributed by atoms with E-state index in [2.05, 4.69) is 0 Å². The number of hydrogen-bond donors (Lipinski definition) is 2. The van der Waals surface area contributed by atoms with Gasteiger partial charge in [-0.05, 0) is 30.7 Å². The standard InChI is InChI=1S/C8H9ClFNO/c9-8-6(10)3-5(1-2-11)4-7(8)12/h3-4,12H,1-2,11H2. The number of hydrogen-bond acceptors (Lipinski definition) is 2. The lowest BCUT2D eigenvalue weighted by molar-refractivity contribution is 0.468. The van der Waals surface area contributed by atoms with E-state index in [-0.39, 0.29) is 10.8 Å². The fourth-order valence-corrected chi connectivity index (χ4v) is 1.05. The molecule has 1 rings (SSSR count). The molecule has 1 aromatic rings. The van der Waals surface area contributed by atoms with Crippen LogP contribution in [0.25, 0.3) is 0 Å². The Morgan fingerprint density at radius 3 is 2.67 bits per heavy atom. The van der Waals surface area contributed by atoms with Crippen LogP contribution in [0.15, 0.2) is 12.1 Å². The van der Waals surface area contributed by atoms with Gasteiger partial charge in [0.25, 0.3) is 0 Å². The first-order valence-electron chi connectivity index (χ1n) is 3.52. The Bertz CT molecular complexity index is 267. The fourth-order valence-electron chi connectivity index (χ4n) is 0.940. The minimum Gasteiger partial charge on any atom is -0.506 e. The molecule has 1 aromatic carbocycles. The number of nitrogens with two attached hydrogens (primary N) is 1. The maximum Gasteiger partial charge on any atom is 0.145 e. The van der Waals surface area contributed by atoms with Gasteiger partial charge in [-0.3, -0.25) is 0 Å². The first-order chi connectivity index (χ1) is 5.65. The van der Waals surface area contributed by atoms with E-state index in [4.69, 9.17) is 22.4 Å². The number of aromatic hydroxyl groups is 1. The molecule has 3 N–H and O–H groups in total. The Labute approximate surface area is 74.8 Å². The summed E-state index contributed by atoms with van der Waals surface area (Å²) in [4.78, 5) is 0. The normalized spacial score (nSPS) is 10.2. The third-order valence-corrected chi connectivity index (χ3v) is 1.88. The topological polar surface area (TPSA) is 46.2 Å². The Balaban J connectivity index is 3.04. The first kappa shape index (κ1) is 9.29. The van der Waals surface area contributed by atoms with Crippen molar-refractivity contribution in [1.82, 2.24) is 0 Å². The minimum absolute atomic E-state index is 0.236. The second-order valence-corrected chi connectivity index (χ2v) is 2.83. The highest BCUT2D eigenvalue weighted by atomic mass is 35.5. The molecule has 0 bridgehead atoms. The van der Waals surface area contributed by atoms with Crippen molar-refractivity contribution >= 4 is 11.6 Å². The lowest BCUT2D eigenvalue weighted by Crippen LogP contribution is -2.02. The van der Waals surface area contributed by atoms with Gasteiger partial charge in [0, 0.05) is 0 Å². The van der Waals surface area contributed by atoms with Crippen molar-refractivity contribution in [2.45, 2.75) is 6.42 Å². The number of halogens is 2. The molecule has 0 atom stereocenters. The number of phenols is 1. The van der Waals surface area contributed by atoms with Gasteiger partial charge in [0.15, 0.2) is 0 Å². The lowest BCUT2D eigenvalue weighted by atomic mass is 10.1. The maximum absolute atomic E-state index is 12.8. The zero-order chi connectivity index (χ0) is 9.14. The summed E-state index contributed by atoms with van der Waals surface area (Å²) in [6.45, 7) is 0.417. The summed E-state index contributed by atoms with van der Waals surface area (Å²) in [7, 11) is 0. The summed E-state index contributed by atoms with van der Waals surface area (Å²) in [5.41, 5.74) is 5.91. The second kappa shape index (κ2) is 3.74. The molecule has 0 fully saturated rings. The molecule has 0 aliphatic rings. The van der Waals surface area contributed by atoms with Gasteiger partial charge in [0.2, 0.25) is 0 Å². The van der Waals surface area contributed by atoms with Crippen molar-refractivity contribution in [1.29, 1.82) is 0 Å². The molecule has 2 nitrogen and oxygen atoms in total. The largest absolute Gasteiger partial charge is 0.506 e. The minimum atomic E-state index is -0.611. The third-order valence-electron chi connectivity index (χ3n) is 1.50. The zero-order valence-electron chi connectivity index (χ0n) is 6.35. The van der Waals surface area contributed by atoms with E-state index in [1.807, 2.05) is 0 Å². The second-order valence-electron chi connectivity index (χ2n) is 2.45. The van der Waals surface area contributed by atoms with Crippen LogP contribution in [0.1, 0.15) is 5.56 Å². The van der Waals surface area contributed by atoms with Crippen molar-refractivity contribution in [3.63, 3.8) is 0 Å². The van der Waals surface area contributed by atoms with E-state index < -0.39 is 5.82 Å². The van der Waals surface area contributed by atoms with Gasteiger partial charge in [-0.2, -0.15) is 0 Å². The molecule has 0 aliphatic heterocycles. The van der Waals surface area contributed by atoms with Crippen molar-refractivity contribution in [3.8, 4) is 5.75 Å². The highest BCUT2D eigenvalue weighted by Gasteiger charge is 2.06.